The Morgan fingerprint density at radius 3 is 2.61 bits per heavy atom. The quantitative estimate of drug-likeness (QED) is 0.773. The summed E-state index contributed by atoms with van der Waals surface area (Å²) in [4.78, 5) is 11.7. The van der Waals surface area contributed by atoms with E-state index < -0.39 is 10.0 Å². The summed E-state index contributed by atoms with van der Waals surface area (Å²) in [5.74, 6) is -0.289. The fraction of sp³-hybridized carbons (Fsp3) is 0.0909. The molecule has 94 valence electrons. The number of carbonyl (C=O) groups is 1. The summed E-state index contributed by atoms with van der Waals surface area (Å²) in [6.07, 6.45) is 2.42. The summed E-state index contributed by atoms with van der Waals surface area (Å²) >= 11 is 0. The van der Waals surface area contributed by atoms with Gasteiger partial charge in [0.25, 0.3) is 0 Å². The van der Waals surface area contributed by atoms with E-state index in [1.165, 1.54) is 12.4 Å². The third-order valence-corrected chi connectivity index (χ3v) is 3.67. The summed E-state index contributed by atoms with van der Waals surface area (Å²) in [5.41, 5.74) is 0.465. The Balaban J connectivity index is 2.03. The van der Waals surface area contributed by atoms with Crippen LogP contribution in [0.5, 0.6) is 0 Å². The molecule has 0 radical (unpaired) electrons. The monoisotopic (exact) mass is 265 g/mol. The van der Waals surface area contributed by atoms with E-state index in [1.807, 2.05) is 0 Å². The SMILES string of the molecule is O=C(CNS(=O)(=O)c1cn[nH]c1)c1ccccc1. The van der Waals surface area contributed by atoms with Crippen molar-refractivity contribution in [3.05, 3.63) is 48.3 Å². The van der Waals surface area contributed by atoms with Crippen molar-refractivity contribution in [1.82, 2.24) is 14.9 Å². The van der Waals surface area contributed by atoms with Crippen LogP contribution in [0.1, 0.15) is 10.4 Å². The average Bonchev–Trinajstić information content (AvgIpc) is 2.92. The van der Waals surface area contributed by atoms with Crippen LogP contribution in [0.3, 0.4) is 0 Å². The van der Waals surface area contributed by atoms with E-state index in [2.05, 4.69) is 14.9 Å². The lowest BCUT2D eigenvalue weighted by Gasteiger charge is -2.03. The molecule has 1 aromatic heterocycles. The maximum Gasteiger partial charge on any atom is 0.244 e. The number of nitrogens with zero attached hydrogens (tertiary/aromatic N) is 1. The van der Waals surface area contributed by atoms with Gasteiger partial charge in [-0.15, -0.1) is 0 Å². The van der Waals surface area contributed by atoms with Gasteiger partial charge < -0.3 is 0 Å². The second-order valence-corrected chi connectivity index (χ2v) is 5.31. The predicted octanol–water partition coefficient (Wildman–Crippen LogP) is 0.571. The van der Waals surface area contributed by atoms with E-state index >= 15 is 0 Å². The first kappa shape index (κ1) is 12.5. The zero-order chi connectivity index (χ0) is 13.0. The summed E-state index contributed by atoms with van der Waals surface area (Å²) < 4.78 is 25.6. The van der Waals surface area contributed by atoms with Crippen LogP contribution in [-0.4, -0.2) is 30.9 Å². The van der Waals surface area contributed by atoms with Gasteiger partial charge in [0.05, 0.1) is 12.7 Å². The minimum absolute atomic E-state index is 0.00311. The molecule has 0 spiro atoms. The van der Waals surface area contributed by atoms with Gasteiger partial charge >= 0.3 is 0 Å². The normalized spacial score (nSPS) is 11.3. The molecule has 0 atom stereocenters. The summed E-state index contributed by atoms with van der Waals surface area (Å²) in [6, 6.07) is 8.49. The Labute approximate surface area is 104 Å². The molecule has 2 aromatic rings. The smallest absolute Gasteiger partial charge is 0.244 e. The van der Waals surface area contributed by atoms with Gasteiger partial charge in [-0.2, -0.15) is 5.10 Å². The molecule has 18 heavy (non-hydrogen) atoms. The number of aromatic nitrogens is 2. The van der Waals surface area contributed by atoms with Crippen LogP contribution in [0.25, 0.3) is 0 Å². The van der Waals surface area contributed by atoms with E-state index in [0.29, 0.717) is 5.56 Å². The number of nitrogens with one attached hydrogen (secondary N) is 2. The molecule has 1 aromatic carbocycles. The summed E-state index contributed by atoms with van der Waals surface area (Å²) in [7, 11) is -3.68. The second kappa shape index (κ2) is 5.11. The maximum absolute atomic E-state index is 11.7. The number of hydrogen-bond acceptors (Lipinski definition) is 4. The summed E-state index contributed by atoms with van der Waals surface area (Å²) in [6.45, 7) is -0.280. The molecule has 2 rings (SSSR count). The number of rotatable bonds is 5. The minimum Gasteiger partial charge on any atom is -0.293 e. The highest BCUT2D eigenvalue weighted by Crippen LogP contribution is 2.05. The third-order valence-electron chi connectivity index (χ3n) is 2.30. The van der Waals surface area contributed by atoms with Gasteiger partial charge in [0.1, 0.15) is 4.90 Å². The van der Waals surface area contributed by atoms with Crippen molar-refractivity contribution in [2.24, 2.45) is 0 Å². The van der Waals surface area contributed by atoms with E-state index in [-0.39, 0.29) is 17.2 Å². The van der Waals surface area contributed by atoms with Crippen molar-refractivity contribution < 1.29 is 13.2 Å². The van der Waals surface area contributed by atoms with E-state index in [1.54, 1.807) is 30.3 Å². The molecule has 1 heterocycles. The van der Waals surface area contributed by atoms with Gasteiger partial charge in [-0.25, -0.2) is 13.1 Å². The highest BCUT2D eigenvalue weighted by Gasteiger charge is 2.16. The Morgan fingerprint density at radius 2 is 2.00 bits per heavy atom. The molecular weight excluding hydrogens is 254 g/mol. The Hall–Kier alpha value is -1.99. The second-order valence-electron chi connectivity index (χ2n) is 3.55. The van der Waals surface area contributed by atoms with Crippen molar-refractivity contribution in [1.29, 1.82) is 0 Å². The Morgan fingerprint density at radius 1 is 1.28 bits per heavy atom. The molecule has 0 aliphatic heterocycles. The largest absolute Gasteiger partial charge is 0.293 e. The van der Waals surface area contributed by atoms with Crippen molar-refractivity contribution in [3.8, 4) is 0 Å². The van der Waals surface area contributed by atoms with Gasteiger partial charge in [-0.1, -0.05) is 30.3 Å². The third kappa shape index (κ3) is 2.82. The predicted molar refractivity (Wildman–Crippen MR) is 64.5 cm³/mol. The van der Waals surface area contributed by atoms with Crippen LogP contribution in [0.2, 0.25) is 0 Å². The molecular formula is C11H11N3O3S. The zero-order valence-electron chi connectivity index (χ0n) is 9.33. The minimum atomic E-state index is -3.68. The number of H-pyrrole nitrogens is 1. The molecule has 0 saturated carbocycles. The number of hydrogen-bond donors (Lipinski definition) is 2. The molecule has 0 saturated heterocycles. The standard InChI is InChI=1S/C11H11N3O3S/c15-11(9-4-2-1-3-5-9)8-14-18(16,17)10-6-12-13-7-10/h1-7,14H,8H2,(H,12,13). The van der Waals surface area contributed by atoms with Gasteiger partial charge in [-0.05, 0) is 0 Å². The summed E-state index contributed by atoms with van der Waals surface area (Å²) in [5, 5.41) is 5.95. The number of Topliss-reactive ketones (excluding diaryl/α,β-unsaturated/α-hetero) is 1. The van der Waals surface area contributed by atoms with E-state index in [9.17, 15) is 13.2 Å². The fourth-order valence-corrected chi connectivity index (χ4v) is 2.24. The number of carbonyl (C=O) groups excluding carboxylic acids is 1. The number of ketones is 1. The van der Waals surface area contributed by atoms with Gasteiger partial charge in [0, 0.05) is 11.8 Å². The van der Waals surface area contributed by atoms with E-state index in [4.69, 9.17) is 0 Å². The van der Waals surface area contributed by atoms with E-state index in [0.717, 1.165) is 0 Å². The lowest BCUT2D eigenvalue weighted by molar-refractivity contribution is 0.0997. The van der Waals surface area contributed by atoms with Crippen molar-refractivity contribution in [3.63, 3.8) is 0 Å². The Kier molecular flexibility index (Phi) is 3.54. The van der Waals surface area contributed by atoms with Crippen molar-refractivity contribution >= 4 is 15.8 Å². The zero-order valence-corrected chi connectivity index (χ0v) is 10.1. The lowest BCUT2D eigenvalue weighted by atomic mass is 10.1. The molecule has 0 unspecified atom stereocenters. The van der Waals surface area contributed by atoms with Gasteiger partial charge in [0.15, 0.2) is 5.78 Å². The van der Waals surface area contributed by atoms with Crippen LogP contribution < -0.4 is 4.72 Å². The molecule has 0 bridgehead atoms. The number of sulfonamides is 1. The van der Waals surface area contributed by atoms with Crippen LogP contribution in [-0.2, 0) is 10.0 Å². The molecule has 0 aliphatic carbocycles. The fourth-order valence-electron chi connectivity index (χ4n) is 1.36. The lowest BCUT2D eigenvalue weighted by Crippen LogP contribution is -2.29. The molecule has 7 heteroatoms. The number of aromatic amines is 1. The molecule has 2 N–H and O–H groups in total. The number of benzene rings is 1. The van der Waals surface area contributed by atoms with Crippen LogP contribution in [0, 0.1) is 0 Å². The van der Waals surface area contributed by atoms with Crippen LogP contribution in [0.15, 0.2) is 47.6 Å². The highest BCUT2D eigenvalue weighted by molar-refractivity contribution is 7.89. The maximum atomic E-state index is 11.7. The van der Waals surface area contributed by atoms with Crippen LogP contribution in [0.4, 0.5) is 0 Å². The molecule has 0 amide bonds. The first-order chi connectivity index (χ1) is 8.59. The Bertz CT molecular complexity index is 621. The molecule has 0 aliphatic rings. The highest BCUT2D eigenvalue weighted by atomic mass is 32.2. The topological polar surface area (TPSA) is 91.9 Å². The first-order valence-electron chi connectivity index (χ1n) is 5.16. The van der Waals surface area contributed by atoms with Crippen molar-refractivity contribution in [2.75, 3.05) is 6.54 Å². The van der Waals surface area contributed by atoms with Crippen molar-refractivity contribution in [2.45, 2.75) is 4.90 Å². The van der Waals surface area contributed by atoms with Gasteiger partial charge in [0.2, 0.25) is 10.0 Å². The molecule has 0 fully saturated rings. The average molecular weight is 265 g/mol. The molecule has 6 nitrogen and oxygen atoms in total. The van der Waals surface area contributed by atoms with Gasteiger partial charge in [-0.3, -0.25) is 9.89 Å². The van der Waals surface area contributed by atoms with Crippen LogP contribution >= 0.6 is 0 Å². The first-order valence-corrected chi connectivity index (χ1v) is 6.64.